The van der Waals surface area contributed by atoms with Gasteiger partial charge in [-0.2, -0.15) is 26.3 Å². The third-order valence-corrected chi connectivity index (χ3v) is 13.4. The van der Waals surface area contributed by atoms with Gasteiger partial charge >= 0.3 is 30.3 Å². The number of aromatic nitrogens is 2. The molecule has 0 spiro atoms. The van der Waals surface area contributed by atoms with Crippen molar-refractivity contribution in [3.63, 3.8) is 0 Å². The van der Waals surface area contributed by atoms with Gasteiger partial charge in [-0.15, -0.1) is 0 Å². The maximum atomic E-state index is 13.4. The standard InChI is InChI=1S/C36H32F3NO6.C26H20F3NO2.C5H8O2/c1-4-43-32(41)16-14-27-22(3)18-29(23-10-12-26(13-11-23)36(37,38)39)28(15-17-33(42)44-5-2)30(27)21-46-35-34-25(20-45-35)19-24-8-6-7-9-31(24)40-34;1-16-10-17(12-20(11-16)18-6-8-22(9-7-18)26(27,28)29)14-31-25-24-21(15-32-25)13-19-4-2-3-5-23(19)30-24;1-3-5(6)7-4-2/h6-19,35H,4-5,20-21H2,1-3H3;2-13,25H,14-15H2,1H3;3H,1,4H2,2H3/b16-14+,17-15?;;. The molecule has 0 N–H and O–H groups in total. The number of aryl methyl sites for hydroxylation is 2. The van der Waals surface area contributed by atoms with Crippen LogP contribution in [0.5, 0.6) is 0 Å². The van der Waals surface area contributed by atoms with Gasteiger partial charge in [-0.25, -0.2) is 24.4 Å². The fraction of sp³-hybridized carbons (Fsp3) is 0.239. The molecule has 12 nitrogen and oxygen atoms in total. The summed E-state index contributed by atoms with van der Waals surface area (Å²) in [5, 5.41) is 2.04. The molecule has 0 saturated carbocycles. The molecule has 0 saturated heterocycles. The molecular formula is C67H60F6N2O10. The van der Waals surface area contributed by atoms with E-state index in [1.165, 1.54) is 36.4 Å². The van der Waals surface area contributed by atoms with Crippen LogP contribution in [0.2, 0.25) is 0 Å². The quantitative estimate of drug-likeness (QED) is 0.0393. The van der Waals surface area contributed by atoms with Crippen molar-refractivity contribution >= 4 is 51.9 Å². The largest absolute Gasteiger partial charge is 0.463 e. The highest BCUT2D eigenvalue weighted by molar-refractivity contribution is 5.93. The number of para-hydroxylation sites is 2. The summed E-state index contributed by atoms with van der Waals surface area (Å²) in [7, 11) is 0. The third-order valence-electron chi connectivity index (χ3n) is 13.4. The number of carbonyl (C=O) groups is 3. The number of rotatable bonds is 16. The molecule has 4 heterocycles. The predicted octanol–water partition coefficient (Wildman–Crippen LogP) is 15.8. The number of fused-ring (bicyclic) bond motifs is 4. The van der Waals surface area contributed by atoms with Crippen LogP contribution in [0.3, 0.4) is 0 Å². The third kappa shape index (κ3) is 16.1. The van der Waals surface area contributed by atoms with Crippen LogP contribution in [-0.2, 0) is 86.3 Å². The number of esters is 3. The van der Waals surface area contributed by atoms with Crippen molar-refractivity contribution in [2.75, 3.05) is 19.8 Å². The van der Waals surface area contributed by atoms with Crippen molar-refractivity contribution in [2.45, 2.75) is 86.0 Å². The van der Waals surface area contributed by atoms with Gasteiger partial charge in [0.15, 0.2) is 0 Å². The lowest BCUT2D eigenvalue weighted by Gasteiger charge is -2.20. The summed E-state index contributed by atoms with van der Waals surface area (Å²) in [5.41, 5.74) is 10.5. The van der Waals surface area contributed by atoms with E-state index in [2.05, 4.69) is 17.4 Å². The van der Waals surface area contributed by atoms with Gasteiger partial charge in [0.2, 0.25) is 12.6 Å². The number of hydrogen-bond donors (Lipinski definition) is 0. The average Bonchev–Trinajstić information content (AvgIpc) is 2.46. The van der Waals surface area contributed by atoms with Crippen LogP contribution < -0.4 is 0 Å². The monoisotopic (exact) mass is 1170 g/mol. The normalized spacial score (nSPS) is 14.5. The number of pyridine rings is 2. The molecule has 2 unspecified atom stereocenters. The van der Waals surface area contributed by atoms with Gasteiger partial charge in [-0.05, 0) is 151 Å². The number of carbonyl (C=O) groups excluding carboxylic acids is 3. The van der Waals surface area contributed by atoms with E-state index in [-0.39, 0.29) is 25.8 Å². The molecule has 85 heavy (non-hydrogen) atoms. The minimum Gasteiger partial charge on any atom is -0.463 e. The Hall–Kier alpha value is -8.81. The van der Waals surface area contributed by atoms with Gasteiger partial charge in [0.1, 0.15) is 11.4 Å². The van der Waals surface area contributed by atoms with E-state index >= 15 is 0 Å². The minimum absolute atomic E-state index is 0.0566. The summed E-state index contributed by atoms with van der Waals surface area (Å²) in [6.45, 7) is 13.9. The molecule has 0 radical (unpaired) electrons. The molecule has 440 valence electrons. The summed E-state index contributed by atoms with van der Waals surface area (Å²) >= 11 is 0. The van der Waals surface area contributed by atoms with Crippen molar-refractivity contribution in [2.24, 2.45) is 0 Å². The van der Waals surface area contributed by atoms with Crippen molar-refractivity contribution in [1.82, 2.24) is 9.97 Å². The molecule has 2 aliphatic heterocycles. The highest BCUT2D eigenvalue weighted by Gasteiger charge is 2.32. The highest BCUT2D eigenvalue weighted by Crippen LogP contribution is 2.40. The van der Waals surface area contributed by atoms with Crippen molar-refractivity contribution in [3.8, 4) is 22.3 Å². The molecule has 2 aliphatic rings. The molecule has 18 heteroatoms. The predicted molar refractivity (Wildman–Crippen MR) is 310 cm³/mol. The first-order valence-electron chi connectivity index (χ1n) is 27.1. The first kappa shape index (κ1) is 62.2. The highest BCUT2D eigenvalue weighted by atomic mass is 19.4. The average molecular weight is 1170 g/mol. The van der Waals surface area contributed by atoms with Crippen LogP contribution in [0, 0.1) is 13.8 Å². The van der Waals surface area contributed by atoms with Crippen LogP contribution in [-0.4, -0.2) is 47.7 Å². The van der Waals surface area contributed by atoms with Crippen molar-refractivity contribution < 1.29 is 73.9 Å². The van der Waals surface area contributed by atoms with Gasteiger partial charge in [0, 0.05) is 40.1 Å². The molecule has 2 aromatic heterocycles. The minimum atomic E-state index is -4.50. The second-order valence-electron chi connectivity index (χ2n) is 19.4. The maximum absolute atomic E-state index is 13.4. The van der Waals surface area contributed by atoms with Crippen LogP contribution in [0.1, 0.15) is 100 Å². The number of alkyl halides is 6. The van der Waals surface area contributed by atoms with Crippen molar-refractivity contribution in [3.05, 3.63) is 225 Å². The Balaban J connectivity index is 0.000000208. The van der Waals surface area contributed by atoms with E-state index in [1.807, 2.05) is 86.6 Å². The number of benzene rings is 6. The second-order valence-corrected chi connectivity index (χ2v) is 19.4. The van der Waals surface area contributed by atoms with Crippen LogP contribution in [0.15, 0.2) is 158 Å². The molecule has 6 aromatic carbocycles. The summed E-state index contributed by atoms with van der Waals surface area (Å²) < 4.78 is 117. The van der Waals surface area contributed by atoms with Gasteiger partial charge < -0.3 is 33.2 Å². The Labute approximate surface area is 487 Å². The molecule has 0 fully saturated rings. The second kappa shape index (κ2) is 28.2. The van der Waals surface area contributed by atoms with E-state index in [0.717, 1.165) is 91.2 Å². The summed E-state index contributed by atoms with van der Waals surface area (Å²) in [4.78, 5) is 44.3. The summed E-state index contributed by atoms with van der Waals surface area (Å²) in [6.07, 6.45) is -3.38. The van der Waals surface area contributed by atoms with E-state index in [4.69, 9.17) is 38.4 Å². The number of nitrogens with zero attached hydrogens (tertiary/aromatic N) is 2. The first-order chi connectivity index (χ1) is 40.8. The Kier molecular flexibility index (Phi) is 20.6. The first-order valence-corrected chi connectivity index (χ1v) is 27.1. The smallest absolute Gasteiger partial charge is 0.416 e. The topological polar surface area (TPSA) is 142 Å². The molecule has 0 bridgehead atoms. The van der Waals surface area contributed by atoms with Crippen LogP contribution in [0.25, 0.3) is 56.2 Å². The van der Waals surface area contributed by atoms with Crippen LogP contribution >= 0.6 is 0 Å². The zero-order chi connectivity index (χ0) is 60.8. The fourth-order valence-electron chi connectivity index (χ4n) is 9.48. The molecule has 0 aliphatic carbocycles. The van der Waals surface area contributed by atoms with Gasteiger partial charge in [0.25, 0.3) is 0 Å². The zero-order valence-corrected chi connectivity index (χ0v) is 47.1. The van der Waals surface area contributed by atoms with Gasteiger partial charge in [-0.3, -0.25) is 0 Å². The molecule has 8 aromatic rings. The molecular weight excluding hydrogens is 1110 g/mol. The number of hydrogen-bond acceptors (Lipinski definition) is 12. The lowest BCUT2D eigenvalue weighted by molar-refractivity contribution is -0.147. The SMILES string of the molecule is C=CC(=O)OCC.CCOC(=O)C=Cc1c(-c2ccc(C(F)(F)F)cc2)cc(C)c(/C=C/C(=O)OCC)c1COC1OCc2cc3ccccc3nc21.Cc1cc(COC2OCc3cc4ccccc4nc32)cc(-c2ccc(C(F)(F)F)cc2)c1. The number of halogens is 6. The Morgan fingerprint density at radius 3 is 1.52 bits per heavy atom. The van der Waals surface area contributed by atoms with Gasteiger partial charge in [0.05, 0.1) is 68.4 Å². The fourth-order valence-corrected chi connectivity index (χ4v) is 9.48. The Morgan fingerprint density at radius 1 is 0.565 bits per heavy atom. The zero-order valence-electron chi connectivity index (χ0n) is 47.1. The Bertz CT molecular complexity index is 3770. The lowest BCUT2D eigenvalue weighted by atomic mass is 9.88. The summed E-state index contributed by atoms with van der Waals surface area (Å²) in [5.74, 6) is -1.50. The molecule has 10 rings (SSSR count). The van der Waals surface area contributed by atoms with E-state index in [9.17, 15) is 40.7 Å². The number of ether oxygens (including phenoxy) is 7. The Morgan fingerprint density at radius 2 is 1.04 bits per heavy atom. The van der Waals surface area contributed by atoms with Crippen molar-refractivity contribution in [1.29, 1.82) is 0 Å². The lowest BCUT2D eigenvalue weighted by Crippen LogP contribution is -2.09. The molecule has 0 amide bonds. The van der Waals surface area contributed by atoms with E-state index in [1.54, 1.807) is 39.0 Å². The maximum Gasteiger partial charge on any atom is 0.416 e. The van der Waals surface area contributed by atoms with E-state index < -0.39 is 48.0 Å². The summed E-state index contributed by atoms with van der Waals surface area (Å²) in [6, 6.07) is 37.3. The van der Waals surface area contributed by atoms with Crippen LogP contribution in [0.4, 0.5) is 26.3 Å². The molecule has 2 atom stereocenters. The van der Waals surface area contributed by atoms with E-state index in [0.29, 0.717) is 65.5 Å². The van der Waals surface area contributed by atoms with Gasteiger partial charge in [-0.1, -0.05) is 91.0 Å².